The van der Waals surface area contributed by atoms with E-state index >= 15 is 0 Å². The highest BCUT2D eigenvalue weighted by Crippen LogP contribution is 2.39. The Morgan fingerprint density at radius 1 is 1.22 bits per heavy atom. The second kappa shape index (κ2) is 12.5. The maximum atomic E-state index is 14.0. The van der Waals surface area contributed by atoms with Gasteiger partial charge in [-0.25, -0.2) is 4.98 Å². The first-order valence-corrected chi connectivity index (χ1v) is 13.6. The number of ether oxygens (including phenoxy) is 2. The van der Waals surface area contributed by atoms with Crippen molar-refractivity contribution < 1.29 is 14.3 Å². The molecule has 1 fully saturated rings. The predicted octanol–water partition coefficient (Wildman–Crippen LogP) is 6.27. The first-order chi connectivity index (χ1) is 17.5. The number of rotatable bonds is 10. The average Bonchev–Trinajstić information content (AvgIpc) is 3.07. The van der Waals surface area contributed by atoms with Crippen molar-refractivity contribution in [2.24, 2.45) is 5.92 Å². The number of hydrogen-bond acceptors (Lipinski definition) is 6. The summed E-state index contributed by atoms with van der Waals surface area (Å²) in [6.07, 6.45) is 8.88. The fraction of sp³-hybridized carbons (Fsp3) is 0.586. The lowest BCUT2D eigenvalue weighted by Gasteiger charge is -2.32. The monoisotopic (exact) mass is 494 g/mol. The summed E-state index contributed by atoms with van der Waals surface area (Å²) in [6.45, 7) is 7.77. The molecule has 196 valence electrons. The Balaban J connectivity index is 1.56. The van der Waals surface area contributed by atoms with Gasteiger partial charge in [-0.15, -0.1) is 0 Å². The number of carbonyl (C=O) groups excluding carboxylic acids is 1. The largest absolute Gasteiger partial charge is 0.382 e. The SMILES string of the molecule is CCCO[C@H]1CC[C@H](C(=O)N2Cc3cccnc3Nc3ccc(N[C@H](C)C[C@@H](CC)OC)cc32)CC1. The minimum Gasteiger partial charge on any atom is -0.382 e. The minimum atomic E-state index is 0.0140. The highest BCUT2D eigenvalue weighted by molar-refractivity contribution is 6.00. The van der Waals surface area contributed by atoms with Crippen molar-refractivity contribution in [1.29, 1.82) is 0 Å². The van der Waals surface area contributed by atoms with Crippen LogP contribution in [0.1, 0.15) is 71.3 Å². The van der Waals surface area contributed by atoms with E-state index in [-0.39, 0.29) is 30.1 Å². The van der Waals surface area contributed by atoms with Gasteiger partial charge in [0.25, 0.3) is 0 Å². The third kappa shape index (κ3) is 6.37. The normalized spacial score (nSPS) is 20.9. The molecule has 2 atom stereocenters. The Bertz CT molecular complexity index is 1000. The molecule has 0 spiro atoms. The van der Waals surface area contributed by atoms with E-state index in [1.54, 1.807) is 13.3 Å². The fourth-order valence-electron chi connectivity index (χ4n) is 5.36. The van der Waals surface area contributed by atoms with Crippen molar-refractivity contribution in [2.75, 3.05) is 29.3 Å². The molecule has 0 bridgehead atoms. The zero-order valence-corrected chi connectivity index (χ0v) is 22.3. The van der Waals surface area contributed by atoms with E-state index < -0.39 is 0 Å². The van der Waals surface area contributed by atoms with Gasteiger partial charge in [0, 0.05) is 43.1 Å². The van der Waals surface area contributed by atoms with Crippen LogP contribution in [0.4, 0.5) is 22.9 Å². The number of pyridine rings is 1. The van der Waals surface area contributed by atoms with Crippen LogP contribution >= 0.6 is 0 Å². The summed E-state index contributed by atoms with van der Waals surface area (Å²) in [6, 6.07) is 10.5. The summed E-state index contributed by atoms with van der Waals surface area (Å²) in [5, 5.41) is 7.10. The number of nitrogens with one attached hydrogen (secondary N) is 2. The van der Waals surface area contributed by atoms with Crippen molar-refractivity contribution in [3.05, 3.63) is 42.1 Å². The third-order valence-electron chi connectivity index (χ3n) is 7.43. The van der Waals surface area contributed by atoms with Gasteiger partial charge in [-0.05, 0) is 76.1 Å². The van der Waals surface area contributed by atoms with E-state index in [4.69, 9.17) is 9.47 Å². The second-order valence-corrected chi connectivity index (χ2v) is 10.2. The number of aromatic nitrogens is 1. The summed E-state index contributed by atoms with van der Waals surface area (Å²) >= 11 is 0. The van der Waals surface area contributed by atoms with E-state index in [2.05, 4.69) is 54.6 Å². The molecular formula is C29H42N4O3. The number of anilines is 4. The van der Waals surface area contributed by atoms with Gasteiger partial charge in [0.2, 0.25) is 5.91 Å². The van der Waals surface area contributed by atoms with Gasteiger partial charge >= 0.3 is 0 Å². The van der Waals surface area contributed by atoms with Crippen LogP contribution in [0.3, 0.4) is 0 Å². The van der Waals surface area contributed by atoms with Crippen LogP contribution in [0.15, 0.2) is 36.5 Å². The lowest BCUT2D eigenvalue weighted by atomic mass is 9.86. The minimum absolute atomic E-state index is 0.0140. The van der Waals surface area contributed by atoms with Crippen LogP contribution in [0, 0.1) is 5.92 Å². The zero-order valence-electron chi connectivity index (χ0n) is 22.3. The Hall–Kier alpha value is -2.64. The van der Waals surface area contributed by atoms with E-state index in [0.29, 0.717) is 6.54 Å². The van der Waals surface area contributed by atoms with Crippen LogP contribution in [0.5, 0.6) is 0 Å². The van der Waals surface area contributed by atoms with Crippen molar-refractivity contribution in [3.8, 4) is 0 Å². The number of amides is 1. The highest BCUT2D eigenvalue weighted by atomic mass is 16.5. The average molecular weight is 495 g/mol. The number of carbonyl (C=O) groups is 1. The molecule has 2 N–H and O–H groups in total. The number of benzene rings is 1. The Morgan fingerprint density at radius 3 is 2.75 bits per heavy atom. The molecule has 0 radical (unpaired) electrons. The predicted molar refractivity (Wildman–Crippen MR) is 146 cm³/mol. The zero-order chi connectivity index (χ0) is 25.5. The molecule has 1 saturated carbocycles. The lowest BCUT2D eigenvalue weighted by molar-refractivity contribution is -0.124. The van der Waals surface area contributed by atoms with Gasteiger partial charge in [0.05, 0.1) is 30.1 Å². The quantitative estimate of drug-likeness (QED) is 0.405. The molecule has 2 aliphatic rings. The first kappa shape index (κ1) is 26.4. The highest BCUT2D eigenvalue weighted by Gasteiger charge is 2.33. The summed E-state index contributed by atoms with van der Waals surface area (Å²) in [5.41, 5.74) is 3.83. The molecule has 4 rings (SSSR count). The summed E-state index contributed by atoms with van der Waals surface area (Å²) in [5.74, 6) is 1.02. The maximum Gasteiger partial charge on any atom is 0.230 e. The molecule has 36 heavy (non-hydrogen) atoms. The molecule has 1 aromatic heterocycles. The maximum absolute atomic E-state index is 14.0. The molecule has 0 saturated heterocycles. The molecule has 1 amide bonds. The van der Waals surface area contributed by atoms with Gasteiger partial charge in [-0.1, -0.05) is 19.9 Å². The van der Waals surface area contributed by atoms with Crippen LogP contribution < -0.4 is 15.5 Å². The van der Waals surface area contributed by atoms with Crippen LogP contribution in [0.2, 0.25) is 0 Å². The van der Waals surface area contributed by atoms with E-state index in [1.807, 2.05) is 17.0 Å². The Morgan fingerprint density at radius 2 is 2.03 bits per heavy atom. The number of nitrogens with zero attached hydrogens (tertiary/aromatic N) is 2. The molecule has 2 heterocycles. The summed E-state index contributed by atoms with van der Waals surface area (Å²) < 4.78 is 11.5. The second-order valence-electron chi connectivity index (χ2n) is 10.2. The molecular weight excluding hydrogens is 452 g/mol. The molecule has 7 nitrogen and oxygen atoms in total. The van der Waals surface area contributed by atoms with E-state index in [1.165, 1.54) is 0 Å². The fourth-order valence-corrected chi connectivity index (χ4v) is 5.36. The molecule has 1 aliphatic heterocycles. The van der Waals surface area contributed by atoms with E-state index in [9.17, 15) is 4.79 Å². The van der Waals surface area contributed by atoms with Gasteiger partial charge in [0.1, 0.15) is 5.82 Å². The van der Waals surface area contributed by atoms with Crippen LogP contribution in [-0.4, -0.2) is 42.9 Å². The summed E-state index contributed by atoms with van der Waals surface area (Å²) in [7, 11) is 1.77. The Kier molecular flexibility index (Phi) is 9.21. The molecule has 0 unspecified atom stereocenters. The van der Waals surface area contributed by atoms with Crippen molar-refractivity contribution >= 4 is 28.8 Å². The molecule has 1 aliphatic carbocycles. The number of methoxy groups -OCH3 is 1. The van der Waals surface area contributed by atoms with Crippen molar-refractivity contribution in [3.63, 3.8) is 0 Å². The van der Waals surface area contributed by atoms with Crippen LogP contribution in [0.25, 0.3) is 0 Å². The molecule has 2 aromatic rings. The number of fused-ring (bicyclic) bond motifs is 2. The van der Waals surface area contributed by atoms with Crippen molar-refractivity contribution in [1.82, 2.24) is 4.98 Å². The van der Waals surface area contributed by atoms with Gasteiger partial charge in [0.15, 0.2) is 0 Å². The third-order valence-corrected chi connectivity index (χ3v) is 7.43. The smallest absolute Gasteiger partial charge is 0.230 e. The van der Waals surface area contributed by atoms with Gasteiger partial charge in [-0.2, -0.15) is 0 Å². The van der Waals surface area contributed by atoms with Gasteiger partial charge in [-0.3, -0.25) is 4.79 Å². The lowest BCUT2D eigenvalue weighted by Crippen LogP contribution is -2.38. The van der Waals surface area contributed by atoms with Crippen LogP contribution in [-0.2, 0) is 20.8 Å². The first-order valence-electron chi connectivity index (χ1n) is 13.6. The van der Waals surface area contributed by atoms with Crippen molar-refractivity contribution in [2.45, 2.75) is 90.5 Å². The van der Waals surface area contributed by atoms with E-state index in [0.717, 1.165) is 80.0 Å². The number of hydrogen-bond donors (Lipinski definition) is 2. The Labute approximate surface area is 216 Å². The summed E-state index contributed by atoms with van der Waals surface area (Å²) in [4.78, 5) is 20.5. The van der Waals surface area contributed by atoms with Gasteiger partial charge < -0.3 is 25.0 Å². The topological polar surface area (TPSA) is 75.7 Å². The standard InChI is InChI=1S/C29H42N4O3/c1-5-16-36-25-12-9-21(10-13-25)29(34)33-19-22-8-7-15-30-28(22)32-26-14-11-23(18-27(26)33)31-20(3)17-24(6-2)35-4/h7-8,11,14-15,18,20-21,24-25,31H,5-6,9-10,12-13,16-17,19H2,1-4H3,(H,30,32)/t20-,21-,24-,25-/m1/s1. The molecule has 1 aromatic carbocycles. The molecule has 7 heteroatoms.